The lowest BCUT2D eigenvalue weighted by Gasteiger charge is -2.17. The van der Waals surface area contributed by atoms with Crippen molar-refractivity contribution in [2.45, 2.75) is 13.8 Å². The second-order valence-electron chi connectivity index (χ2n) is 13.6. The smallest absolute Gasteiger partial charge is 0.160 e. The van der Waals surface area contributed by atoms with Gasteiger partial charge in [0.15, 0.2) is 5.82 Å². The zero-order valence-electron chi connectivity index (χ0n) is 29.0. The van der Waals surface area contributed by atoms with Crippen LogP contribution in [0.3, 0.4) is 0 Å². The lowest BCUT2D eigenvalue weighted by atomic mass is 10.00. The minimum Gasteiger partial charge on any atom is -0.309 e. The van der Waals surface area contributed by atoms with E-state index < -0.39 is 0 Å². The topological polar surface area (TPSA) is 35.6 Å². The molecule has 0 bridgehead atoms. The van der Waals surface area contributed by atoms with Gasteiger partial charge in [-0.05, 0) is 79.6 Å². The number of fused-ring (bicyclic) bond motifs is 6. The molecule has 0 saturated carbocycles. The van der Waals surface area contributed by atoms with Crippen molar-refractivity contribution < 1.29 is 0 Å². The lowest BCUT2D eigenvalue weighted by Crippen LogP contribution is -2.02. The maximum atomic E-state index is 5.13. The van der Waals surface area contributed by atoms with Gasteiger partial charge < -0.3 is 9.13 Å². The van der Waals surface area contributed by atoms with Gasteiger partial charge in [0.25, 0.3) is 0 Å². The quantitative estimate of drug-likeness (QED) is 0.183. The van der Waals surface area contributed by atoms with Crippen molar-refractivity contribution in [3.8, 4) is 45.3 Å². The van der Waals surface area contributed by atoms with E-state index in [2.05, 4.69) is 169 Å². The summed E-state index contributed by atoms with van der Waals surface area (Å²) in [6.07, 6.45) is 0. The molecule has 10 rings (SSSR count). The van der Waals surface area contributed by atoms with E-state index in [9.17, 15) is 0 Å². The van der Waals surface area contributed by atoms with Crippen LogP contribution in [0.15, 0.2) is 170 Å². The second-order valence-corrected chi connectivity index (χ2v) is 13.6. The van der Waals surface area contributed by atoms with Crippen molar-refractivity contribution in [2.75, 3.05) is 0 Å². The van der Waals surface area contributed by atoms with Crippen LogP contribution in [0.5, 0.6) is 0 Å². The molecule has 0 N–H and O–H groups in total. The largest absolute Gasteiger partial charge is 0.309 e. The van der Waals surface area contributed by atoms with Crippen molar-refractivity contribution in [3.05, 3.63) is 181 Å². The average molecular weight is 667 g/mol. The minimum atomic E-state index is 0.720. The van der Waals surface area contributed by atoms with Crippen molar-refractivity contribution in [3.63, 3.8) is 0 Å². The summed E-state index contributed by atoms with van der Waals surface area (Å²) in [5, 5.41) is 5.00. The number of nitrogens with zero attached hydrogens (tertiary/aromatic N) is 4. The first kappa shape index (κ1) is 30.1. The molecular formula is C48H34N4. The molecule has 246 valence electrons. The van der Waals surface area contributed by atoms with E-state index in [1.165, 1.54) is 60.4 Å². The molecule has 0 atom stereocenters. The van der Waals surface area contributed by atoms with Gasteiger partial charge in [-0.1, -0.05) is 115 Å². The van der Waals surface area contributed by atoms with Crippen molar-refractivity contribution in [1.82, 2.24) is 19.1 Å². The Morgan fingerprint density at radius 2 is 0.827 bits per heavy atom. The first-order valence-electron chi connectivity index (χ1n) is 17.8. The Morgan fingerprint density at radius 3 is 1.42 bits per heavy atom. The molecule has 52 heavy (non-hydrogen) atoms. The van der Waals surface area contributed by atoms with Gasteiger partial charge in [-0.2, -0.15) is 0 Å². The Morgan fingerprint density at radius 1 is 0.365 bits per heavy atom. The molecule has 4 nitrogen and oxygen atoms in total. The Labute approximate surface area is 301 Å². The number of hydrogen-bond acceptors (Lipinski definition) is 2. The fraction of sp³-hybridized carbons (Fsp3) is 0.0417. The summed E-state index contributed by atoms with van der Waals surface area (Å²) in [7, 11) is 0. The second kappa shape index (κ2) is 11.9. The maximum Gasteiger partial charge on any atom is 0.160 e. The van der Waals surface area contributed by atoms with Crippen LogP contribution in [0.1, 0.15) is 11.1 Å². The Balaban J connectivity index is 1.15. The van der Waals surface area contributed by atoms with Gasteiger partial charge in [0, 0.05) is 43.9 Å². The Bertz CT molecular complexity index is 2840. The maximum absolute atomic E-state index is 5.13. The molecule has 0 aliphatic carbocycles. The van der Waals surface area contributed by atoms with Crippen LogP contribution >= 0.6 is 0 Å². The number of rotatable bonds is 5. The molecule has 0 radical (unpaired) electrons. The molecule has 0 aliphatic rings. The van der Waals surface area contributed by atoms with Crippen LogP contribution in [-0.2, 0) is 0 Å². The first-order chi connectivity index (χ1) is 25.6. The third-order valence-electron chi connectivity index (χ3n) is 10.3. The Kier molecular flexibility index (Phi) is 6.90. The molecule has 10 aromatic rings. The van der Waals surface area contributed by atoms with Gasteiger partial charge in [0.05, 0.1) is 39.1 Å². The molecule has 0 unspecified atom stereocenters. The van der Waals surface area contributed by atoms with Crippen molar-refractivity contribution >= 4 is 43.6 Å². The average Bonchev–Trinajstić information content (AvgIpc) is 3.71. The predicted molar refractivity (Wildman–Crippen MR) is 216 cm³/mol. The molecule has 0 saturated heterocycles. The van der Waals surface area contributed by atoms with Crippen molar-refractivity contribution in [1.29, 1.82) is 0 Å². The van der Waals surface area contributed by atoms with Gasteiger partial charge in [-0.25, -0.2) is 9.97 Å². The van der Waals surface area contributed by atoms with E-state index in [0.717, 1.165) is 39.6 Å². The van der Waals surface area contributed by atoms with Crippen LogP contribution in [0.2, 0.25) is 0 Å². The standard InChI is InChI=1S/C48H34N4/c1-31-27-35(42-30-41(33-15-5-3-6-16-33)49-48(50-42)34-17-7-4-8-18-34)28-32(2)47(31)52-45-24-14-11-21-39(45)40-29-36(25-26-46(40)52)51-43-22-12-9-19-37(43)38-20-10-13-23-44(38)51/h3-30H,1-2H3. The Hall–Kier alpha value is -6.78. The third-order valence-corrected chi connectivity index (χ3v) is 10.3. The van der Waals surface area contributed by atoms with E-state index >= 15 is 0 Å². The molecule has 3 heterocycles. The van der Waals surface area contributed by atoms with Gasteiger partial charge in [0.2, 0.25) is 0 Å². The number of para-hydroxylation sites is 3. The highest BCUT2D eigenvalue weighted by atomic mass is 15.0. The van der Waals surface area contributed by atoms with Crippen LogP contribution < -0.4 is 0 Å². The van der Waals surface area contributed by atoms with E-state index in [1.54, 1.807) is 0 Å². The van der Waals surface area contributed by atoms with E-state index in [1.807, 2.05) is 24.3 Å². The number of benzene rings is 7. The van der Waals surface area contributed by atoms with Crippen LogP contribution in [0, 0.1) is 13.8 Å². The minimum absolute atomic E-state index is 0.720. The zero-order chi connectivity index (χ0) is 34.8. The number of aryl methyl sites for hydroxylation is 2. The monoisotopic (exact) mass is 666 g/mol. The van der Waals surface area contributed by atoms with Crippen LogP contribution in [0.25, 0.3) is 88.9 Å². The fourth-order valence-corrected chi connectivity index (χ4v) is 8.07. The van der Waals surface area contributed by atoms with Gasteiger partial charge in [-0.3, -0.25) is 0 Å². The number of aromatic nitrogens is 4. The van der Waals surface area contributed by atoms with Gasteiger partial charge >= 0.3 is 0 Å². The fourth-order valence-electron chi connectivity index (χ4n) is 8.07. The summed E-state index contributed by atoms with van der Waals surface area (Å²) in [6.45, 7) is 4.44. The normalized spacial score (nSPS) is 11.7. The molecule has 7 aromatic carbocycles. The predicted octanol–water partition coefficient (Wildman–Crippen LogP) is 12.3. The molecule has 0 amide bonds. The van der Waals surface area contributed by atoms with Gasteiger partial charge in [0.1, 0.15) is 0 Å². The third kappa shape index (κ3) is 4.76. The summed E-state index contributed by atoms with van der Waals surface area (Å²) in [5.41, 5.74) is 14.5. The molecule has 0 aliphatic heterocycles. The number of hydrogen-bond donors (Lipinski definition) is 0. The van der Waals surface area contributed by atoms with Crippen molar-refractivity contribution in [2.24, 2.45) is 0 Å². The highest BCUT2D eigenvalue weighted by molar-refractivity contribution is 6.12. The molecule has 0 spiro atoms. The molecule has 3 aromatic heterocycles. The van der Waals surface area contributed by atoms with Crippen LogP contribution in [-0.4, -0.2) is 19.1 Å². The van der Waals surface area contributed by atoms with E-state index in [4.69, 9.17) is 9.97 Å². The lowest BCUT2D eigenvalue weighted by molar-refractivity contribution is 1.11. The SMILES string of the molecule is Cc1cc(-c2cc(-c3ccccc3)nc(-c3ccccc3)n2)cc(C)c1-n1c2ccccc2c2cc(-n3c4ccccc4c4ccccc43)ccc21. The highest BCUT2D eigenvalue weighted by Crippen LogP contribution is 2.39. The summed E-state index contributed by atoms with van der Waals surface area (Å²) in [5.74, 6) is 0.720. The van der Waals surface area contributed by atoms with Gasteiger partial charge in [-0.15, -0.1) is 0 Å². The summed E-state index contributed by atoms with van der Waals surface area (Å²) in [6, 6.07) is 60.4. The molecule has 4 heteroatoms. The first-order valence-corrected chi connectivity index (χ1v) is 17.8. The molecular weight excluding hydrogens is 633 g/mol. The van der Waals surface area contributed by atoms with E-state index in [0.29, 0.717) is 0 Å². The van der Waals surface area contributed by atoms with E-state index in [-0.39, 0.29) is 0 Å². The summed E-state index contributed by atoms with van der Waals surface area (Å²) >= 11 is 0. The summed E-state index contributed by atoms with van der Waals surface area (Å²) < 4.78 is 4.84. The van der Waals surface area contributed by atoms with Crippen LogP contribution in [0.4, 0.5) is 0 Å². The highest BCUT2D eigenvalue weighted by Gasteiger charge is 2.19. The summed E-state index contributed by atoms with van der Waals surface area (Å²) in [4.78, 5) is 10.1. The molecule has 0 fully saturated rings. The zero-order valence-corrected chi connectivity index (χ0v) is 29.0.